The van der Waals surface area contributed by atoms with Gasteiger partial charge in [-0.25, -0.2) is 0 Å². The monoisotopic (exact) mass is 170 g/mol. The number of ether oxygens (including phenoxy) is 1. The van der Waals surface area contributed by atoms with Crippen LogP contribution in [0.25, 0.3) is 0 Å². The molecule has 3 heteroatoms. The lowest BCUT2D eigenvalue weighted by atomic mass is 9.96. The molecule has 0 aliphatic carbocycles. The van der Waals surface area contributed by atoms with Gasteiger partial charge in [-0.05, 0) is 32.9 Å². The Morgan fingerprint density at radius 1 is 1.25 bits per heavy atom. The minimum absolute atomic E-state index is 0.335. The first kappa shape index (κ1) is 8.48. The van der Waals surface area contributed by atoms with Crippen LogP contribution in [-0.4, -0.2) is 32.0 Å². The van der Waals surface area contributed by atoms with Gasteiger partial charge in [0.25, 0.3) is 0 Å². The van der Waals surface area contributed by atoms with Crippen molar-refractivity contribution in [3.05, 3.63) is 0 Å². The zero-order valence-electron chi connectivity index (χ0n) is 7.68. The molecule has 12 heavy (non-hydrogen) atoms. The van der Waals surface area contributed by atoms with Crippen molar-refractivity contribution in [2.75, 3.05) is 19.7 Å². The molecule has 0 aromatic carbocycles. The lowest BCUT2D eigenvalue weighted by Gasteiger charge is -2.27. The predicted molar refractivity (Wildman–Crippen MR) is 47.9 cm³/mol. The van der Waals surface area contributed by atoms with Gasteiger partial charge in [0.1, 0.15) is 6.23 Å². The number of rotatable bonds is 1. The van der Waals surface area contributed by atoms with Crippen LogP contribution in [0.1, 0.15) is 19.8 Å². The summed E-state index contributed by atoms with van der Waals surface area (Å²) < 4.78 is 5.67. The zero-order valence-corrected chi connectivity index (χ0v) is 7.68. The molecule has 0 radical (unpaired) electrons. The highest BCUT2D eigenvalue weighted by Gasteiger charge is 2.29. The fourth-order valence-electron chi connectivity index (χ4n) is 2.04. The van der Waals surface area contributed by atoms with E-state index in [1.165, 1.54) is 12.8 Å². The second-order valence-electron chi connectivity index (χ2n) is 3.91. The van der Waals surface area contributed by atoms with Crippen molar-refractivity contribution in [3.63, 3.8) is 0 Å². The van der Waals surface area contributed by atoms with E-state index in [0.29, 0.717) is 12.3 Å². The number of piperidine rings is 1. The Labute approximate surface area is 73.9 Å². The van der Waals surface area contributed by atoms with Gasteiger partial charge < -0.3 is 10.1 Å². The van der Waals surface area contributed by atoms with Crippen LogP contribution in [-0.2, 0) is 4.74 Å². The topological polar surface area (TPSA) is 33.3 Å². The van der Waals surface area contributed by atoms with Crippen LogP contribution in [0, 0.1) is 5.92 Å². The van der Waals surface area contributed by atoms with Crippen LogP contribution in [0.5, 0.6) is 0 Å². The second kappa shape index (κ2) is 3.73. The highest BCUT2D eigenvalue weighted by Crippen LogP contribution is 2.20. The van der Waals surface area contributed by atoms with Crippen LogP contribution < -0.4 is 10.6 Å². The van der Waals surface area contributed by atoms with Crippen LogP contribution in [0.15, 0.2) is 0 Å². The molecular formula is C9H18N2O. The van der Waals surface area contributed by atoms with Gasteiger partial charge in [-0.3, -0.25) is 5.32 Å². The number of nitrogens with one attached hydrogen (secondary N) is 2. The molecule has 3 nitrogen and oxygen atoms in total. The van der Waals surface area contributed by atoms with Crippen molar-refractivity contribution >= 4 is 0 Å². The summed E-state index contributed by atoms with van der Waals surface area (Å²) in [5.74, 6) is 0.733. The lowest BCUT2D eigenvalue weighted by molar-refractivity contribution is 0.0395. The molecule has 2 rings (SSSR count). The van der Waals surface area contributed by atoms with Crippen molar-refractivity contribution in [1.82, 2.24) is 10.6 Å². The highest BCUT2D eigenvalue weighted by molar-refractivity contribution is 4.80. The highest BCUT2D eigenvalue weighted by atomic mass is 16.5. The van der Waals surface area contributed by atoms with E-state index in [-0.39, 0.29) is 0 Å². The van der Waals surface area contributed by atoms with E-state index < -0.39 is 0 Å². The first-order chi connectivity index (χ1) is 5.86. The summed E-state index contributed by atoms with van der Waals surface area (Å²) in [6.45, 7) is 5.37. The Bertz CT molecular complexity index is 143. The number of hydrogen-bond donors (Lipinski definition) is 2. The van der Waals surface area contributed by atoms with E-state index in [9.17, 15) is 0 Å². The third-order valence-corrected chi connectivity index (χ3v) is 2.79. The Kier molecular flexibility index (Phi) is 2.63. The summed E-state index contributed by atoms with van der Waals surface area (Å²) in [5.41, 5.74) is 0. The smallest absolute Gasteiger partial charge is 0.111 e. The molecule has 0 bridgehead atoms. The zero-order chi connectivity index (χ0) is 8.39. The number of hydrogen-bond acceptors (Lipinski definition) is 3. The third-order valence-electron chi connectivity index (χ3n) is 2.79. The maximum atomic E-state index is 5.67. The summed E-state index contributed by atoms with van der Waals surface area (Å²) >= 11 is 0. The van der Waals surface area contributed by atoms with Gasteiger partial charge in [0.05, 0.1) is 6.61 Å². The Balaban J connectivity index is 1.83. The van der Waals surface area contributed by atoms with Crippen molar-refractivity contribution in [3.8, 4) is 0 Å². The van der Waals surface area contributed by atoms with Crippen molar-refractivity contribution in [2.24, 2.45) is 5.92 Å². The van der Waals surface area contributed by atoms with Gasteiger partial charge >= 0.3 is 0 Å². The molecule has 2 N–H and O–H groups in total. The van der Waals surface area contributed by atoms with Gasteiger partial charge in [-0.1, -0.05) is 0 Å². The summed E-state index contributed by atoms with van der Waals surface area (Å²) in [6, 6.07) is 0.546. The molecule has 2 heterocycles. The molecule has 2 aliphatic rings. The van der Waals surface area contributed by atoms with Crippen LogP contribution in [0.4, 0.5) is 0 Å². The van der Waals surface area contributed by atoms with E-state index in [0.717, 1.165) is 25.6 Å². The largest absolute Gasteiger partial charge is 0.361 e. The maximum Gasteiger partial charge on any atom is 0.111 e. The van der Waals surface area contributed by atoms with E-state index in [1.54, 1.807) is 0 Å². The first-order valence-corrected chi connectivity index (χ1v) is 4.94. The lowest BCUT2D eigenvalue weighted by Crippen LogP contribution is -2.40. The normalized spacial score (nSPS) is 38.8. The van der Waals surface area contributed by atoms with Crippen molar-refractivity contribution < 1.29 is 4.74 Å². The van der Waals surface area contributed by atoms with Gasteiger partial charge in [0, 0.05) is 12.0 Å². The van der Waals surface area contributed by atoms with Crippen LogP contribution >= 0.6 is 0 Å². The first-order valence-electron chi connectivity index (χ1n) is 4.94. The van der Waals surface area contributed by atoms with E-state index >= 15 is 0 Å². The second-order valence-corrected chi connectivity index (χ2v) is 3.91. The molecule has 2 fully saturated rings. The minimum Gasteiger partial charge on any atom is -0.361 e. The van der Waals surface area contributed by atoms with Crippen molar-refractivity contribution in [1.29, 1.82) is 0 Å². The SMILES string of the molecule is CC1COC(C2CCNCC2)N1. The Morgan fingerprint density at radius 3 is 2.58 bits per heavy atom. The molecule has 2 saturated heterocycles. The standard InChI is InChI=1S/C9H18N2O/c1-7-6-12-9(11-7)8-2-4-10-5-3-8/h7-11H,2-6H2,1H3. The molecular weight excluding hydrogens is 152 g/mol. The maximum absolute atomic E-state index is 5.67. The third kappa shape index (κ3) is 1.79. The summed E-state index contributed by atoms with van der Waals surface area (Å²) in [4.78, 5) is 0. The quantitative estimate of drug-likeness (QED) is 0.594. The Hall–Kier alpha value is -0.120. The average molecular weight is 170 g/mol. The molecule has 0 spiro atoms. The fraction of sp³-hybridized carbons (Fsp3) is 1.00. The fourth-order valence-corrected chi connectivity index (χ4v) is 2.04. The minimum atomic E-state index is 0.335. The average Bonchev–Trinajstić information content (AvgIpc) is 2.54. The molecule has 0 amide bonds. The molecule has 2 aliphatic heterocycles. The molecule has 0 aromatic rings. The molecule has 0 saturated carbocycles. The molecule has 70 valence electrons. The molecule has 2 unspecified atom stereocenters. The molecule has 0 aromatic heterocycles. The van der Waals surface area contributed by atoms with Crippen LogP contribution in [0.3, 0.4) is 0 Å². The summed E-state index contributed by atoms with van der Waals surface area (Å²) in [5, 5.41) is 6.84. The molecule has 2 atom stereocenters. The predicted octanol–water partition coefficient (Wildman–Crippen LogP) is 0.320. The Morgan fingerprint density at radius 2 is 2.00 bits per heavy atom. The van der Waals surface area contributed by atoms with Crippen LogP contribution in [0.2, 0.25) is 0 Å². The van der Waals surface area contributed by atoms with Gasteiger partial charge in [0.15, 0.2) is 0 Å². The van der Waals surface area contributed by atoms with E-state index in [1.807, 2.05) is 0 Å². The summed E-state index contributed by atoms with van der Waals surface area (Å²) in [6.07, 6.45) is 2.84. The van der Waals surface area contributed by atoms with Gasteiger partial charge in [0.2, 0.25) is 0 Å². The van der Waals surface area contributed by atoms with E-state index in [2.05, 4.69) is 17.6 Å². The summed E-state index contributed by atoms with van der Waals surface area (Å²) in [7, 11) is 0. The van der Waals surface area contributed by atoms with Crippen molar-refractivity contribution in [2.45, 2.75) is 32.0 Å². The van der Waals surface area contributed by atoms with Gasteiger partial charge in [-0.15, -0.1) is 0 Å². The van der Waals surface area contributed by atoms with E-state index in [4.69, 9.17) is 4.74 Å². The van der Waals surface area contributed by atoms with Gasteiger partial charge in [-0.2, -0.15) is 0 Å².